The van der Waals surface area contributed by atoms with Crippen LogP contribution in [0.2, 0.25) is 0 Å². The number of thiophene rings is 1. The molecule has 0 radical (unpaired) electrons. The van der Waals surface area contributed by atoms with Crippen molar-refractivity contribution in [2.45, 2.75) is 20.0 Å². The first-order chi connectivity index (χ1) is 12.2. The Morgan fingerprint density at radius 1 is 1.24 bits per heavy atom. The molecule has 0 atom stereocenters. The third-order valence-corrected chi connectivity index (χ3v) is 4.85. The van der Waals surface area contributed by atoms with Crippen molar-refractivity contribution in [1.29, 1.82) is 0 Å². The van der Waals surface area contributed by atoms with Crippen LogP contribution in [0.5, 0.6) is 0 Å². The quantitative estimate of drug-likeness (QED) is 0.709. The van der Waals surface area contributed by atoms with Gasteiger partial charge in [0.05, 0.1) is 31.5 Å². The van der Waals surface area contributed by atoms with Crippen molar-refractivity contribution in [1.82, 2.24) is 14.7 Å². The first-order valence-corrected chi connectivity index (χ1v) is 8.99. The van der Waals surface area contributed by atoms with Crippen molar-refractivity contribution < 1.29 is 9.90 Å². The molecule has 3 rings (SSSR count). The summed E-state index contributed by atoms with van der Waals surface area (Å²) in [6.07, 6.45) is 3.36. The molecule has 0 aliphatic carbocycles. The molecule has 0 spiro atoms. The molecule has 5 nitrogen and oxygen atoms in total. The topological polar surface area (TPSA) is 58.4 Å². The number of aromatic nitrogens is 2. The zero-order valence-corrected chi connectivity index (χ0v) is 14.9. The van der Waals surface area contributed by atoms with Gasteiger partial charge in [-0.3, -0.25) is 9.48 Å². The van der Waals surface area contributed by atoms with Crippen molar-refractivity contribution in [3.05, 3.63) is 75.7 Å². The molecule has 0 unspecified atom stereocenters. The minimum Gasteiger partial charge on any atom is -0.395 e. The Balaban J connectivity index is 1.71. The van der Waals surface area contributed by atoms with Crippen LogP contribution in [0.4, 0.5) is 0 Å². The zero-order valence-electron chi connectivity index (χ0n) is 14.1. The van der Waals surface area contributed by atoms with Gasteiger partial charge in [-0.25, -0.2) is 0 Å². The monoisotopic (exact) mass is 355 g/mol. The van der Waals surface area contributed by atoms with Crippen molar-refractivity contribution in [2.75, 3.05) is 13.2 Å². The maximum atomic E-state index is 12.8. The van der Waals surface area contributed by atoms with Gasteiger partial charge in [-0.15, -0.1) is 11.3 Å². The van der Waals surface area contributed by atoms with Crippen LogP contribution in [0.3, 0.4) is 0 Å². The normalized spacial score (nSPS) is 10.8. The molecule has 130 valence electrons. The highest BCUT2D eigenvalue weighted by Gasteiger charge is 2.18. The van der Waals surface area contributed by atoms with E-state index in [9.17, 15) is 9.90 Å². The van der Waals surface area contributed by atoms with E-state index >= 15 is 0 Å². The number of aliphatic hydroxyl groups is 1. The second kappa shape index (κ2) is 8.09. The number of benzene rings is 1. The van der Waals surface area contributed by atoms with Gasteiger partial charge < -0.3 is 10.0 Å². The lowest BCUT2D eigenvalue weighted by Crippen LogP contribution is -2.32. The third kappa shape index (κ3) is 4.55. The van der Waals surface area contributed by atoms with Gasteiger partial charge in [-0.2, -0.15) is 5.10 Å². The molecule has 0 saturated heterocycles. The van der Waals surface area contributed by atoms with E-state index in [-0.39, 0.29) is 12.5 Å². The first kappa shape index (κ1) is 17.4. The summed E-state index contributed by atoms with van der Waals surface area (Å²) in [6, 6.07) is 14.1. The van der Waals surface area contributed by atoms with E-state index in [1.165, 1.54) is 4.88 Å². The highest BCUT2D eigenvalue weighted by Crippen LogP contribution is 2.18. The Labute approximate surface area is 151 Å². The lowest BCUT2D eigenvalue weighted by molar-refractivity contribution is 0.0709. The fourth-order valence-electron chi connectivity index (χ4n) is 2.64. The molecule has 0 saturated carbocycles. The van der Waals surface area contributed by atoms with E-state index in [0.29, 0.717) is 25.2 Å². The molecule has 1 N–H and O–H groups in total. The molecule has 0 fully saturated rings. The zero-order chi connectivity index (χ0) is 17.6. The molecule has 2 aromatic heterocycles. The summed E-state index contributed by atoms with van der Waals surface area (Å²) in [7, 11) is 0. The van der Waals surface area contributed by atoms with Gasteiger partial charge in [0.15, 0.2) is 0 Å². The average Bonchev–Trinajstić information content (AvgIpc) is 3.24. The summed E-state index contributed by atoms with van der Waals surface area (Å²) in [5.41, 5.74) is 1.67. The number of hydrogen-bond donors (Lipinski definition) is 1. The number of carbonyl (C=O) groups excluding carboxylic acids is 1. The standard InChI is InChI=1S/C19H21N3O2S/c1-15-7-8-18(25-15)14-21(9-10-23)19(24)17-11-20-22(13-17)12-16-5-3-2-4-6-16/h2-8,11,13,23H,9-10,12,14H2,1H3. The smallest absolute Gasteiger partial charge is 0.257 e. The van der Waals surface area contributed by atoms with Crippen LogP contribution in [-0.2, 0) is 13.1 Å². The van der Waals surface area contributed by atoms with Gasteiger partial charge in [0.1, 0.15) is 0 Å². The molecule has 1 aromatic carbocycles. The molecule has 0 aliphatic rings. The predicted molar refractivity (Wildman–Crippen MR) is 98.7 cm³/mol. The summed E-state index contributed by atoms with van der Waals surface area (Å²) < 4.78 is 1.76. The Morgan fingerprint density at radius 3 is 2.72 bits per heavy atom. The second-order valence-electron chi connectivity index (χ2n) is 5.87. The van der Waals surface area contributed by atoms with E-state index in [2.05, 4.69) is 5.10 Å². The van der Waals surface area contributed by atoms with Crippen LogP contribution in [0, 0.1) is 6.92 Å². The van der Waals surface area contributed by atoms with Crippen LogP contribution in [0.1, 0.15) is 25.7 Å². The lowest BCUT2D eigenvalue weighted by atomic mass is 10.2. The van der Waals surface area contributed by atoms with Crippen molar-refractivity contribution >= 4 is 17.2 Å². The Hall–Kier alpha value is -2.44. The van der Waals surface area contributed by atoms with Gasteiger partial charge in [0.2, 0.25) is 0 Å². The predicted octanol–water partition coefficient (Wildman–Crippen LogP) is 2.94. The number of carbonyl (C=O) groups is 1. The molecule has 2 heterocycles. The summed E-state index contributed by atoms with van der Waals surface area (Å²) >= 11 is 1.67. The van der Waals surface area contributed by atoms with Gasteiger partial charge in [-0.1, -0.05) is 30.3 Å². The second-order valence-corrected chi connectivity index (χ2v) is 7.25. The Kier molecular flexibility index (Phi) is 5.63. The summed E-state index contributed by atoms with van der Waals surface area (Å²) in [5.74, 6) is -0.112. The number of aliphatic hydroxyl groups excluding tert-OH is 1. The van der Waals surface area contributed by atoms with Crippen molar-refractivity contribution in [3.8, 4) is 0 Å². The molecule has 1 amide bonds. The number of amides is 1. The fraction of sp³-hybridized carbons (Fsp3) is 0.263. The van der Waals surface area contributed by atoms with E-state index < -0.39 is 0 Å². The first-order valence-electron chi connectivity index (χ1n) is 8.17. The molecular weight excluding hydrogens is 334 g/mol. The minimum atomic E-state index is -0.112. The van der Waals surface area contributed by atoms with Crippen LogP contribution < -0.4 is 0 Å². The molecular formula is C19H21N3O2S. The highest BCUT2D eigenvalue weighted by atomic mass is 32.1. The van der Waals surface area contributed by atoms with Gasteiger partial charge >= 0.3 is 0 Å². The number of aryl methyl sites for hydroxylation is 1. The van der Waals surface area contributed by atoms with Crippen LogP contribution in [0.15, 0.2) is 54.9 Å². The average molecular weight is 355 g/mol. The molecule has 0 bridgehead atoms. The number of nitrogens with zero attached hydrogens (tertiary/aromatic N) is 3. The lowest BCUT2D eigenvalue weighted by Gasteiger charge is -2.20. The van der Waals surface area contributed by atoms with E-state index in [1.54, 1.807) is 33.3 Å². The summed E-state index contributed by atoms with van der Waals surface area (Å²) in [5, 5.41) is 13.6. The minimum absolute atomic E-state index is 0.0613. The number of rotatable bonds is 7. The Morgan fingerprint density at radius 2 is 2.04 bits per heavy atom. The van der Waals surface area contributed by atoms with E-state index in [4.69, 9.17) is 0 Å². The SMILES string of the molecule is Cc1ccc(CN(CCO)C(=O)c2cnn(Cc3ccccc3)c2)s1. The molecule has 6 heteroatoms. The maximum Gasteiger partial charge on any atom is 0.257 e. The van der Waals surface area contributed by atoms with E-state index in [0.717, 1.165) is 10.4 Å². The maximum absolute atomic E-state index is 12.8. The van der Waals surface area contributed by atoms with Crippen LogP contribution >= 0.6 is 11.3 Å². The highest BCUT2D eigenvalue weighted by molar-refractivity contribution is 7.11. The van der Waals surface area contributed by atoms with Crippen LogP contribution in [0.25, 0.3) is 0 Å². The fourth-order valence-corrected chi connectivity index (χ4v) is 3.55. The van der Waals surface area contributed by atoms with Crippen LogP contribution in [-0.4, -0.2) is 38.8 Å². The largest absolute Gasteiger partial charge is 0.395 e. The van der Waals surface area contributed by atoms with E-state index in [1.807, 2.05) is 49.4 Å². The molecule has 25 heavy (non-hydrogen) atoms. The van der Waals surface area contributed by atoms with Crippen molar-refractivity contribution in [3.63, 3.8) is 0 Å². The summed E-state index contributed by atoms with van der Waals surface area (Å²) in [4.78, 5) is 16.8. The van der Waals surface area contributed by atoms with Crippen molar-refractivity contribution in [2.24, 2.45) is 0 Å². The molecule has 0 aliphatic heterocycles. The third-order valence-electron chi connectivity index (χ3n) is 3.87. The summed E-state index contributed by atoms with van der Waals surface area (Å²) in [6.45, 7) is 3.41. The van der Waals surface area contributed by atoms with Gasteiger partial charge in [-0.05, 0) is 24.6 Å². The van der Waals surface area contributed by atoms with Gasteiger partial charge in [0.25, 0.3) is 5.91 Å². The Bertz CT molecular complexity index is 826. The van der Waals surface area contributed by atoms with Gasteiger partial charge in [0, 0.05) is 22.5 Å². The molecule has 3 aromatic rings. The number of hydrogen-bond acceptors (Lipinski definition) is 4.